The predicted molar refractivity (Wildman–Crippen MR) is 68.5 cm³/mol. The maximum absolute atomic E-state index is 9.07. The van der Waals surface area contributed by atoms with Crippen molar-refractivity contribution in [1.82, 2.24) is 9.97 Å². The van der Waals surface area contributed by atoms with Gasteiger partial charge in [-0.15, -0.1) is 23.5 Å². The highest BCUT2D eigenvalue weighted by Crippen LogP contribution is 2.28. The molecule has 0 spiro atoms. The Balaban J connectivity index is 3.11. The first-order valence-corrected chi connectivity index (χ1v) is 6.68. The lowest BCUT2D eigenvalue weighted by molar-refractivity contribution is 0.962. The summed E-state index contributed by atoms with van der Waals surface area (Å²) < 4.78 is 0. The van der Waals surface area contributed by atoms with Gasteiger partial charge in [0, 0.05) is 5.75 Å². The number of aromatic nitrogens is 2. The number of thioether (sulfide) groups is 2. The molecule has 1 aromatic heterocycles. The van der Waals surface area contributed by atoms with Gasteiger partial charge in [0.1, 0.15) is 21.7 Å². The molecule has 4 nitrogen and oxygen atoms in total. The number of nitrogens with two attached hydrogens (primary N) is 1. The molecule has 1 rings (SSSR count). The summed E-state index contributed by atoms with van der Waals surface area (Å²) in [5, 5.41) is 10.3. The SMILES string of the molecule is C=C(C)CSc1nc(N)nc(SC)c1C#N. The highest BCUT2D eigenvalue weighted by molar-refractivity contribution is 7.99. The van der Waals surface area contributed by atoms with Crippen LogP contribution in [0.1, 0.15) is 12.5 Å². The smallest absolute Gasteiger partial charge is 0.222 e. The summed E-state index contributed by atoms with van der Waals surface area (Å²) in [6, 6.07) is 2.11. The molecule has 0 fully saturated rings. The Morgan fingerprint density at radius 1 is 1.50 bits per heavy atom. The van der Waals surface area contributed by atoms with Gasteiger partial charge in [0.25, 0.3) is 0 Å². The molecule has 16 heavy (non-hydrogen) atoms. The number of nitriles is 1. The average Bonchev–Trinajstić information content (AvgIpc) is 2.25. The van der Waals surface area contributed by atoms with E-state index in [0.29, 0.717) is 15.6 Å². The lowest BCUT2D eigenvalue weighted by Crippen LogP contribution is -2.01. The highest BCUT2D eigenvalue weighted by atomic mass is 32.2. The van der Waals surface area contributed by atoms with E-state index >= 15 is 0 Å². The number of hydrogen-bond donors (Lipinski definition) is 1. The van der Waals surface area contributed by atoms with Crippen molar-refractivity contribution in [2.75, 3.05) is 17.7 Å². The molecule has 0 aliphatic carbocycles. The maximum Gasteiger partial charge on any atom is 0.222 e. The Hall–Kier alpha value is -1.19. The van der Waals surface area contributed by atoms with E-state index in [9.17, 15) is 0 Å². The number of nitrogen functional groups attached to an aromatic ring is 1. The molecule has 0 amide bonds. The van der Waals surface area contributed by atoms with Gasteiger partial charge in [-0.1, -0.05) is 12.2 Å². The maximum atomic E-state index is 9.07. The summed E-state index contributed by atoms with van der Waals surface area (Å²) in [6.45, 7) is 5.74. The van der Waals surface area contributed by atoms with Gasteiger partial charge in [0.05, 0.1) is 0 Å². The second-order valence-corrected chi connectivity index (χ2v) is 4.89. The number of anilines is 1. The van der Waals surface area contributed by atoms with E-state index < -0.39 is 0 Å². The summed E-state index contributed by atoms with van der Waals surface area (Å²) in [5.74, 6) is 0.923. The van der Waals surface area contributed by atoms with Crippen LogP contribution < -0.4 is 5.73 Å². The molecule has 6 heteroatoms. The van der Waals surface area contributed by atoms with Crippen molar-refractivity contribution in [3.63, 3.8) is 0 Å². The van der Waals surface area contributed by atoms with E-state index in [1.54, 1.807) is 0 Å². The van der Waals surface area contributed by atoms with Gasteiger partial charge >= 0.3 is 0 Å². The van der Waals surface area contributed by atoms with Crippen LogP contribution in [0.25, 0.3) is 0 Å². The predicted octanol–water partition coefficient (Wildman–Crippen LogP) is 2.32. The molecule has 1 heterocycles. The fourth-order valence-electron chi connectivity index (χ4n) is 0.976. The third-order valence-corrected chi connectivity index (χ3v) is 3.51. The van der Waals surface area contributed by atoms with Gasteiger partial charge in [-0.05, 0) is 13.2 Å². The molecular weight excluding hydrogens is 240 g/mol. The normalized spacial score (nSPS) is 9.81. The van der Waals surface area contributed by atoms with E-state index in [1.165, 1.54) is 23.5 Å². The summed E-state index contributed by atoms with van der Waals surface area (Å²) in [6.07, 6.45) is 1.86. The molecule has 0 aromatic carbocycles. The lowest BCUT2D eigenvalue weighted by Gasteiger charge is -2.06. The van der Waals surface area contributed by atoms with Gasteiger partial charge < -0.3 is 5.73 Å². The average molecular weight is 252 g/mol. The van der Waals surface area contributed by atoms with Crippen LogP contribution in [0.3, 0.4) is 0 Å². The van der Waals surface area contributed by atoms with Crippen LogP contribution in [0.15, 0.2) is 22.2 Å². The molecule has 84 valence electrons. The topological polar surface area (TPSA) is 75.6 Å². The number of hydrogen-bond acceptors (Lipinski definition) is 6. The van der Waals surface area contributed by atoms with Crippen LogP contribution in [0, 0.1) is 11.3 Å². The van der Waals surface area contributed by atoms with Gasteiger partial charge in [-0.2, -0.15) is 5.26 Å². The summed E-state index contributed by atoms with van der Waals surface area (Å²) in [4.78, 5) is 8.10. The first-order chi connectivity index (χ1) is 7.58. The molecule has 0 atom stereocenters. The van der Waals surface area contributed by atoms with Crippen LogP contribution >= 0.6 is 23.5 Å². The third-order valence-electron chi connectivity index (χ3n) is 1.62. The van der Waals surface area contributed by atoms with Crippen molar-refractivity contribution in [2.24, 2.45) is 0 Å². The van der Waals surface area contributed by atoms with Crippen molar-refractivity contribution in [2.45, 2.75) is 17.0 Å². The standard InChI is InChI=1S/C10H12N4S2/c1-6(2)5-16-9-7(4-11)8(15-3)13-10(12)14-9/h1,5H2,2-3H3,(H2,12,13,14). The molecule has 0 bridgehead atoms. The molecule has 2 N–H and O–H groups in total. The van der Waals surface area contributed by atoms with Gasteiger partial charge in [-0.25, -0.2) is 9.97 Å². The quantitative estimate of drug-likeness (QED) is 0.503. The Morgan fingerprint density at radius 3 is 2.62 bits per heavy atom. The van der Waals surface area contributed by atoms with Gasteiger partial charge in [0.2, 0.25) is 5.95 Å². The molecule has 0 radical (unpaired) electrons. The van der Waals surface area contributed by atoms with E-state index in [2.05, 4.69) is 22.6 Å². The van der Waals surface area contributed by atoms with Crippen LogP contribution in [-0.4, -0.2) is 22.0 Å². The van der Waals surface area contributed by atoms with E-state index in [0.717, 1.165) is 11.3 Å². The van der Waals surface area contributed by atoms with Gasteiger partial charge in [-0.3, -0.25) is 0 Å². The molecule has 0 aliphatic rings. The zero-order valence-electron chi connectivity index (χ0n) is 9.15. The second kappa shape index (κ2) is 5.77. The molecular formula is C10H12N4S2. The van der Waals surface area contributed by atoms with Crippen molar-refractivity contribution >= 4 is 29.5 Å². The zero-order chi connectivity index (χ0) is 12.1. The molecule has 0 unspecified atom stereocenters. The van der Waals surface area contributed by atoms with Crippen LogP contribution in [0.5, 0.6) is 0 Å². The molecule has 1 aromatic rings. The lowest BCUT2D eigenvalue weighted by atomic mass is 10.4. The second-order valence-electron chi connectivity index (χ2n) is 3.13. The number of nitrogens with zero attached hydrogens (tertiary/aromatic N) is 3. The largest absolute Gasteiger partial charge is 0.368 e. The van der Waals surface area contributed by atoms with E-state index in [1.807, 2.05) is 13.2 Å². The highest BCUT2D eigenvalue weighted by Gasteiger charge is 2.12. The van der Waals surface area contributed by atoms with Crippen LogP contribution in [0.4, 0.5) is 5.95 Å². The summed E-state index contributed by atoms with van der Waals surface area (Å²) in [5.41, 5.74) is 7.10. The van der Waals surface area contributed by atoms with Gasteiger partial charge in [0.15, 0.2) is 0 Å². The molecule has 0 saturated heterocycles. The van der Waals surface area contributed by atoms with Crippen molar-refractivity contribution < 1.29 is 0 Å². The Kier molecular flexibility index (Phi) is 4.65. The first-order valence-electron chi connectivity index (χ1n) is 4.47. The fourth-order valence-corrected chi connectivity index (χ4v) is 2.40. The molecule has 0 saturated carbocycles. The molecule has 0 aliphatic heterocycles. The monoisotopic (exact) mass is 252 g/mol. The Labute approximate surface area is 103 Å². The van der Waals surface area contributed by atoms with Crippen molar-refractivity contribution in [3.05, 3.63) is 17.7 Å². The summed E-state index contributed by atoms with van der Waals surface area (Å²) in [7, 11) is 0. The number of rotatable bonds is 4. The Bertz CT molecular complexity index is 451. The third kappa shape index (κ3) is 3.15. The minimum atomic E-state index is 0.201. The van der Waals surface area contributed by atoms with Crippen LogP contribution in [0.2, 0.25) is 0 Å². The van der Waals surface area contributed by atoms with E-state index in [4.69, 9.17) is 11.0 Å². The van der Waals surface area contributed by atoms with Crippen molar-refractivity contribution in [1.29, 1.82) is 5.26 Å². The Morgan fingerprint density at radius 2 is 2.12 bits per heavy atom. The first kappa shape index (κ1) is 12.9. The van der Waals surface area contributed by atoms with Crippen LogP contribution in [-0.2, 0) is 0 Å². The summed E-state index contributed by atoms with van der Waals surface area (Å²) >= 11 is 2.85. The minimum Gasteiger partial charge on any atom is -0.368 e. The fraction of sp³-hybridized carbons (Fsp3) is 0.300. The zero-order valence-corrected chi connectivity index (χ0v) is 10.8. The van der Waals surface area contributed by atoms with Crippen molar-refractivity contribution in [3.8, 4) is 6.07 Å². The minimum absolute atomic E-state index is 0.201. The van der Waals surface area contributed by atoms with E-state index in [-0.39, 0.29) is 5.95 Å².